The average Bonchev–Trinajstić information content (AvgIpc) is 0.919. The Balaban J connectivity index is 0.000000334. The molecule has 40 nitrogen and oxygen atoms in total. The molecule has 0 aromatic heterocycles. The largest absolute Gasteiger partial charge is 0.511 e. The summed E-state index contributed by atoms with van der Waals surface area (Å²) in [4.78, 5) is 70.2. The minimum Gasteiger partial charge on any atom is -0.450 e. The highest BCUT2D eigenvalue weighted by Gasteiger charge is 2.40. The van der Waals surface area contributed by atoms with E-state index in [-0.39, 0.29) is 160 Å². The highest BCUT2D eigenvalue weighted by molar-refractivity contribution is 7.90. The fraction of sp³-hybridized carbons (Fsp3) is 0.458. The summed E-state index contributed by atoms with van der Waals surface area (Å²) >= 11 is 0. The van der Waals surface area contributed by atoms with Crippen LogP contribution in [0.2, 0.25) is 0 Å². The predicted molar refractivity (Wildman–Crippen MR) is 528 cm³/mol. The number of aliphatic hydroxyl groups excluding tert-OH is 2. The van der Waals surface area contributed by atoms with Crippen molar-refractivity contribution >= 4 is 87.3 Å². The lowest BCUT2D eigenvalue weighted by molar-refractivity contribution is -0.385. The standard InChI is InChI=1S/C25H35N3O7S.2C24H33N3O7S.C23H31N3O7S.2FH/c1-18(2)14-28(36(30,31)21-11-9-20(26)10-12-21)15-23(34-25(29)35-24-16-32-17-33-24)22(27-3)13-19-7-5-4-6-8-19;1-17(2)13-27(35(30,31)20-10-8-19(25)9-11-20)14-22(28)21(12-18-6-4-3-5-7-18)26-24(29)34-23-15-32-16-33-23;1-5-33-24(28)34-23(22(25-4)15-19-9-7-6-8-10-19)17-26(16-18(2)3)35(31,32)21-13-11-20(12-14-21)27(29)30;1-4-33-23(28)24-21(14-18-8-6-5-7-9-18)22(27)16-25(15-17(2)3)34(31,32)20-12-10-19(11-13-20)26(29)30;;/h4-12,18,22-24,27H,13-17,26H2,1-3H3;3-11,17,21-23,28H,12-16,25H2,1-2H3,(H,26,29);6-14,18,22-23,25H,5,15-17H2,1-4H3;5-13,17,21-22,27H,4,14-16H2,1-3H3,(H,24,28);2*1H/i/hT2. The van der Waals surface area contributed by atoms with Crippen molar-refractivity contribution in [1.29, 1.82) is 2.90 Å². The number of aliphatic hydroxyl groups is 2. The van der Waals surface area contributed by atoms with Gasteiger partial charge in [-0.05, 0) is 172 Å². The third kappa shape index (κ3) is 40.0. The van der Waals surface area contributed by atoms with Gasteiger partial charge in [0.2, 0.25) is 52.7 Å². The van der Waals surface area contributed by atoms with Gasteiger partial charge in [0.25, 0.3) is 14.3 Å². The molecule has 2 heterocycles. The fourth-order valence-corrected chi connectivity index (χ4v) is 20.9. The van der Waals surface area contributed by atoms with Crippen molar-refractivity contribution in [2.24, 2.45) is 23.7 Å². The smallest absolute Gasteiger partial charge is 0.450 e. The summed E-state index contributed by atoms with van der Waals surface area (Å²) in [6, 6.07) is 56.4. The molecule has 142 heavy (non-hydrogen) atoms. The summed E-state index contributed by atoms with van der Waals surface area (Å²) in [5.74, 6) is -0.0815. The van der Waals surface area contributed by atoms with Gasteiger partial charge in [-0.25, -0.2) is 52.8 Å². The van der Waals surface area contributed by atoms with E-state index in [0.29, 0.717) is 24.2 Å². The second kappa shape index (κ2) is 60.1. The molecule has 2 fully saturated rings. The number of nitrogens with two attached hydrogens (primary N) is 2. The summed E-state index contributed by atoms with van der Waals surface area (Å²) in [5.41, 5.74) is 15.6. The summed E-state index contributed by atoms with van der Waals surface area (Å²) in [6.45, 7) is 18.8. The van der Waals surface area contributed by atoms with Gasteiger partial charge < -0.3 is 90.3 Å². The van der Waals surface area contributed by atoms with Gasteiger partial charge in [-0.3, -0.25) is 29.7 Å². The maximum Gasteiger partial charge on any atom is 0.511 e. The van der Waals surface area contributed by atoms with Crippen LogP contribution in [0.25, 0.3) is 0 Å². The summed E-state index contributed by atoms with van der Waals surface area (Å²) in [7, 11) is -12.5. The van der Waals surface area contributed by atoms with Crippen LogP contribution in [0.4, 0.5) is 51.4 Å². The van der Waals surface area contributed by atoms with E-state index in [4.69, 9.17) is 68.3 Å². The van der Waals surface area contributed by atoms with Gasteiger partial charge in [0.15, 0.2) is 13.6 Å². The number of ether oxygens (including phenoxy) is 10. The molecule has 2 saturated heterocycles. The highest BCUT2D eigenvalue weighted by atomic mass is 32.2. The van der Waals surface area contributed by atoms with E-state index in [1.165, 1.54) is 73.6 Å². The van der Waals surface area contributed by atoms with E-state index in [2.05, 4.69) is 24.2 Å². The fourth-order valence-electron chi connectivity index (χ4n) is 14.4. The lowest BCUT2D eigenvalue weighted by Gasteiger charge is -2.32. The van der Waals surface area contributed by atoms with Crippen molar-refractivity contribution in [3.05, 3.63) is 261 Å². The molecule has 0 bridgehead atoms. The summed E-state index contributed by atoms with van der Waals surface area (Å²) in [5, 5.41) is 55.7. The zero-order valence-corrected chi connectivity index (χ0v) is 84.6. The molecule has 784 valence electrons. The van der Waals surface area contributed by atoms with Gasteiger partial charge in [-0.2, -0.15) is 17.2 Å². The Morgan fingerprint density at radius 2 is 0.683 bits per heavy atom. The van der Waals surface area contributed by atoms with Crippen LogP contribution < -0.4 is 32.7 Å². The van der Waals surface area contributed by atoms with Gasteiger partial charge in [0, 0.05) is 87.0 Å². The second-order valence-corrected chi connectivity index (χ2v) is 42.1. The maximum atomic E-state index is 13.6. The van der Waals surface area contributed by atoms with Crippen molar-refractivity contribution in [2.45, 2.75) is 176 Å². The zero-order valence-electron chi connectivity index (χ0n) is 83.3. The van der Waals surface area contributed by atoms with Crippen LogP contribution in [0.5, 0.6) is 0 Å². The first kappa shape index (κ1) is 117. The molecule has 2 amide bonds. The molecule has 46 heteroatoms. The van der Waals surface area contributed by atoms with Crippen molar-refractivity contribution in [1.82, 2.24) is 38.5 Å². The van der Waals surface area contributed by atoms with Gasteiger partial charge in [0.05, 0.1) is 80.0 Å². The first-order valence-electron chi connectivity index (χ1n) is 46.3. The van der Waals surface area contributed by atoms with Crippen LogP contribution in [0, 0.1) is 43.9 Å². The number of nitro groups is 2. The van der Waals surface area contributed by atoms with E-state index in [9.17, 15) is 83.3 Å². The van der Waals surface area contributed by atoms with Crippen molar-refractivity contribution in [3.63, 3.8) is 0 Å². The highest BCUT2D eigenvalue weighted by Crippen LogP contribution is 2.29. The molecule has 2 aliphatic rings. The lowest BCUT2D eigenvalue weighted by Crippen LogP contribution is -2.51. The number of benzene rings is 8. The first-order valence-corrected chi connectivity index (χ1v) is 51.3. The topological polar surface area (TPSA) is 537 Å². The van der Waals surface area contributed by atoms with E-state index in [0.717, 1.165) is 50.8 Å². The number of sulfonamides is 4. The third-order valence-electron chi connectivity index (χ3n) is 21.3. The van der Waals surface area contributed by atoms with Gasteiger partial charge >= 0.3 is 24.5 Å². The number of halogens is 2. The number of carbonyl (C=O) groups is 4. The zero-order chi connectivity index (χ0) is 107. The number of nitrogens with one attached hydrogen (secondary N) is 4. The lowest BCUT2D eigenvalue weighted by atomic mass is 10.0. The number of nitrogen functional groups attached to an aromatic ring is 2. The molecule has 10 rings (SSSR count). The number of hydrogen-bond donors (Lipinski definition) is 8. The molecule has 0 aliphatic carbocycles. The van der Waals surface area contributed by atoms with E-state index in [1.807, 2.05) is 177 Å². The van der Waals surface area contributed by atoms with Crippen LogP contribution in [0.15, 0.2) is 238 Å². The van der Waals surface area contributed by atoms with Crippen LogP contribution in [0.3, 0.4) is 0 Å². The Hall–Kier alpha value is -11.6. The van der Waals surface area contributed by atoms with Gasteiger partial charge in [-0.1, -0.05) is 177 Å². The third-order valence-corrected chi connectivity index (χ3v) is 28.7. The van der Waals surface area contributed by atoms with Crippen LogP contribution in [-0.4, -0.2) is 266 Å². The molecular weight excluding hydrogens is 1940 g/mol. The quantitative estimate of drug-likeness (QED) is 0.00577. The van der Waals surface area contributed by atoms with E-state index < -0.39 is 136 Å². The number of amides is 2. The SMILES string of the molecule is CC(C)CN(CC(O)C(Cc1ccccc1)NC(=O)OC1COCO1)S(=O)(=O)c1ccc(N)cc1.CCOC(=O)NC(Cc1ccccc1)C(O)CN(CC(C)C)S(=O)(=O)c1ccc([N+](=O)[O-])cc1.CCOC(=O)OC(CN(CC(C)C)S(=O)(=O)c1ccc([N+](=O)[O-])cc1)C(Cc1ccccc1)NC.CNC(Cc1ccccc1)C(CN(CC(C)C)S(=O)(=O)c1ccc(N)cc1)OC(=O)OC1COCO1.[3H]F.[3H]F. The van der Waals surface area contributed by atoms with Crippen molar-refractivity contribution in [2.75, 3.05) is 118 Å². The number of nitro benzene ring substituents is 2. The van der Waals surface area contributed by atoms with E-state index >= 15 is 0 Å². The number of likely N-dealkylation sites (N-methyl/N-ethyl adjacent to an activating group) is 2. The molecule has 8 aromatic carbocycles. The molecule has 10 N–H and O–H groups in total. The Morgan fingerprint density at radius 3 is 0.958 bits per heavy atom. The number of hydrogen-bond acceptors (Lipinski definition) is 32. The summed E-state index contributed by atoms with van der Waals surface area (Å²) in [6.07, 6.45) is -7.79. The molecule has 0 saturated carbocycles. The van der Waals surface area contributed by atoms with Crippen LogP contribution >= 0.6 is 0 Å². The number of carbonyl (C=O) groups excluding carboxylic acids is 4. The van der Waals surface area contributed by atoms with Gasteiger partial charge in [-0.15, -0.1) is 0 Å². The molecule has 0 radical (unpaired) electrons. The maximum absolute atomic E-state index is 13.6. The Morgan fingerprint density at radius 1 is 0.408 bits per heavy atom. The molecular formula is C96H134F2N12O28S4. The minimum atomic E-state index is -4.07. The normalized spacial score (nSPS) is 15.5. The number of rotatable bonds is 48. The minimum absolute atomic E-state index is 0.00392. The average molecular weight is 2070 g/mol. The van der Waals surface area contributed by atoms with E-state index in [1.54, 1.807) is 40.1 Å². The molecule has 2 aliphatic heterocycles. The predicted octanol–water partition coefficient (Wildman–Crippen LogP) is 11.4. The van der Waals surface area contributed by atoms with Crippen molar-refractivity contribution in [3.8, 4) is 0 Å². The number of nitrogens with zero attached hydrogens (tertiary/aromatic N) is 6. The molecule has 0 spiro atoms. The van der Waals surface area contributed by atoms with Crippen LogP contribution in [0.1, 0.15) is 91.5 Å². The number of non-ortho nitro benzene ring substituents is 2. The Bertz CT molecular complexity index is 5610. The Labute approximate surface area is 831 Å². The number of alkyl carbamates (subject to hydrolysis) is 2. The summed E-state index contributed by atoms with van der Waals surface area (Å²) < 4.78 is 191. The molecule has 8 aromatic rings. The monoisotopic (exact) mass is 2070 g/mol. The van der Waals surface area contributed by atoms with Gasteiger partial charge in [0.1, 0.15) is 25.4 Å². The first-order chi connectivity index (χ1) is 68.4. The Kier molecular flexibility index (Phi) is 49.7. The second-order valence-electron chi connectivity index (χ2n) is 34.3. The molecule has 10 unspecified atom stereocenters. The van der Waals surface area contributed by atoms with Crippen molar-refractivity contribution < 1.29 is 130 Å². The number of anilines is 2. The molecule has 10 atom stereocenters. The van der Waals surface area contributed by atoms with Crippen LogP contribution in [-0.2, 0) is 113 Å².